The summed E-state index contributed by atoms with van der Waals surface area (Å²) in [4.78, 5) is 43.7. The van der Waals surface area contributed by atoms with Gasteiger partial charge < -0.3 is 30.3 Å². The van der Waals surface area contributed by atoms with Crippen molar-refractivity contribution in [1.82, 2.24) is 20.4 Å². The fourth-order valence-corrected chi connectivity index (χ4v) is 5.43. The molecule has 1 aliphatic carbocycles. The van der Waals surface area contributed by atoms with Crippen LogP contribution in [0.5, 0.6) is 0 Å². The van der Waals surface area contributed by atoms with E-state index in [0.717, 1.165) is 24.0 Å². The van der Waals surface area contributed by atoms with E-state index in [-0.39, 0.29) is 25.0 Å². The number of nitrogens with one attached hydrogen (secondary N) is 2. The van der Waals surface area contributed by atoms with Crippen molar-refractivity contribution in [3.8, 4) is 0 Å². The zero-order valence-corrected chi connectivity index (χ0v) is 25.8. The normalized spacial score (nSPS) is 18.3. The van der Waals surface area contributed by atoms with Gasteiger partial charge in [0.2, 0.25) is 11.8 Å². The summed E-state index contributed by atoms with van der Waals surface area (Å²) in [6, 6.07) is 18.9. The SMILES string of the molecule is CC1=C(C(=O)N[C@@H](Cc2ccccc2)[C@H](O)CNC2CC2)C(C)C(C(=O)OCc2ccccc2)=C(C)N1CC(=O)N(C)C. The second-order valence-electron chi connectivity index (χ2n) is 11.7. The van der Waals surface area contributed by atoms with E-state index >= 15 is 0 Å². The van der Waals surface area contributed by atoms with E-state index in [0.29, 0.717) is 41.5 Å². The second-order valence-corrected chi connectivity index (χ2v) is 11.7. The first-order valence-corrected chi connectivity index (χ1v) is 14.9. The first-order valence-electron chi connectivity index (χ1n) is 14.9. The maximum atomic E-state index is 14.1. The first-order chi connectivity index (χ1) is 20.6. The number of esters is 1. The predicted octanol–water partition coefficient (Wildman–Crippen LogP) is 3.16. The van der Waals surface area contributed by atoms with Crippen molar-refractivity contribution in [2.45, 2.75) is 64.8 Å². The Bertz CT molecular complexity index is 1350. The third-order valence-corrected chi connectivity index (χ3v) is 8.20. The summed E-state index contributed by atoms with van der Waals surface area (Å²) in [6.45, 7) is 5.79. The summed E-state index contributed by atoms with van der Waals surface area (Å²) in [7, 11) is 3.34. The lowest BCUT2D eigenvalue weighted by molar-refractivity contribution is -0.141. The number of aliphatic hydroxyl groups excluding tert-OH is 1. The minimum atomic E-state index is -0.830. The number of carbonyl (C=O) groups excluding carboxylic acids is 3. The first kappa shape index (κ1) is 32.0. The highest BCUT2D eigenvalue weighted by Gasteiger charge is 2.38. The smallest absolute Gasteiger partial charge is 0.336 e. The van der Waals surface area contributed by atoms with Crippen LogP contribution < -0.4 is 10.6 Å². The third kappa shape index (κ3) is 8.33. The number of likely N-dealkylation sites (N-methyl/N-ethyl adjacent to an activating group) is 1. The van der Waals surface area contributed by atoms with Crippen LogP contribution in [0.4, 0.5) is 0 Å². The molecule has 3 N–H and O–H groups in total. The summed E-state index contributed by atoms with van der Waals surface area (Å²) in [5, 5.41) is 17.6. The van der Waals surface area contributed by atoms with Crippen LogP contribution in [-0.4, -0.2) is 78.1 Å². The molecule has 2 amide bonds. The lowest BCUT2D eigenvalue weighted by Gasteiger charge is -2.37. The van der Waals surface area contributed by atoms with Crippen LogP contribution in [0, 0.1) is 5.92 Å². The van der Waals surface area contributed by atoms with Gasteiger partial charge in [0, 0.05) is 49.6 Å². The molecule has 2 aliphatic rings. The van der Waals surface area contributed by atoms with Crippen LogP contribution in [0.3, 0.4) is 0 Å². The van der Waals surface area contributed by atoms with Crippen LogP contribution in [0.2, 0.25) is 0 Å². The molecular weight excluding hydrogens is 544 g/mol. The van der Waals surface area contributed by atoms with E-state index in [9.17, 15) is 19.5 Å². The minimum Gasteiger partial charge on any atom is -0.457 e. The van der Waals surface area contributed by atoms with Crippen LogP contribution in [0.15, 0.2) is 83.2 Å². The average molecular weight is 589 g/mol. The van der Waals surface area contributed by atoms with Crippen LogP contribution in [0.25, 0.3) is 0 Å². The summed E-state index contributed by atoms with van der Waals surface area (Å²) < 4.78 is 5.71. The van der Waals surface area contributed by atoms with E-state index in [1.165, 1.54) is 4.90 Å². The number of nitrogens with zero attached hydrogens (tertiary/aromatic N) is 2. The molecule has 1 unspecified atom stereocenters. The largest absolute Gasteiger partial charge is 0.457 e. The maximum Gasteiger partial charge on any atom is 0.336 e. The van der Waals surface area contributed by atoms with Gasteiger partial charge in [-0.25, -0.2) is 4.79 Å². The highest BCUT2D eigenvalue weighted by Crippen LogP contribution is 2.36. The van der Waals surface area contributed by atoms with Crippen molar-refractivity contribution in [2.24, 2.45) is 5.92 Å². The van der Waals surface area contributed by atoms with Gasteiger partial charge in [0.25, 0.3) is 0 Å². The molecule has 1 saturated carbocycles. The van der Waals surface area contributed by atoms with Gasteiger partial charge in [0.1, 0.15) is 13.2 Å². The highest BCUT2D eigenvalue weighted by atomic mass is 16.5. The molecule has 0 aromatic heterocycles. The third-order valence-electron chi connectivity index (χ3n) is 8.20. The Kier molecular flexibility index (Phi) is 10.8. The van der Waals surface area contributed by atoms with Crippen LogP contribution in [-0.2, 0) is 32.1 Å². The molecule has 0 saturated heterocycles. The molecular formula is C34H44N4O5. The highest BCUT2D eigenvalue weighted by molar-refractivity contribution is 6.00. The fraction of sp³-hybridized carbons (Fsp3) is 0.441. The number of aliphatic hydroxyl groups is 1. The van der Waals surface area contributed by atoms with E-state index in [1.807, 2.05) is 67.6 Å². The second kappa shape index (κ2) is 14.5. The Labute approximate surface area is 254 Å². The van der Waals surface area contributed by atoms with E-state index in [4.69, 9.17) is 4.74 Å². The van der Waals surface area contributed by atoms with Gasteiger partial charge in [0.15, 0.2) is 0 Å². The lowest BCUT2D eigenvalue weighted by Crippen LogP contribution is -2.51. The van der Waals surface area contributed by atoms with Gasteiger partial charge in [-0.05, 0) is 44.2 Å². The minimum absolute atomic E-state index is 0.0367. The number of hydrogen-bond donors (Lipinski definition) is 3. The lowest BCUT2D eigenvalue weighted by atomic mass is 9.85. The Morgan fingerprint density at radius 2 is 1.53 bits per heavy atom. The average Bonchev–Trinajstić information content (AvgIpc) is 3.82. The van der Waals surface area contributed by atoms with E-state index < -0.39 is 24.0 Å². The number of amides is 2. The van der Waals surface area contributed by atoms with Crippen LogP contribution >= 0.6 is 0 Å². The van der Waals surface area contributed by atoms with Gasteiger partial charge >= 0.3 is 5.97 Å². The molecule has 0 radical (unpaired) electrons. The zero-order valence-electron chi connectivity index (χ0n) is 25.8. The molecule has 0 bridgehead atoms. The number of carbonyl (C=O) groups is 3. The maximum absolute atomic E-state index is 14.1. The molecule has 1 aliphatic heterocycles. The predicted molar refractivity (Wildman–Crippen MR) is 165 cm³/mol. The Morgan fingerprint density at radius 3 is 2.12 bits per heavy atom. The molecule has 0 spiro atoms. The van der Waals surface area contributed by atoms with Crippen molar-refractivity contribution in [3.05, 3.63) is 94.3 Å². The summed E-state index contributed by atoms with van der Waals surface area (Å²) in [6.07, 6.45) is 1.78. The Balaban J connectivity index is 1.62. The molecule has 9 nitrogen and oxygen atoms in total. The number of allylic oxidation sites excluding steroid dienone is 2. The molecule has 230 valence electrons. The summed E-state index contributed by atoms with van der Waals surface area (Å²) in [5.74, 6) is -1.70. The fourth-order valence-electron chi connectivity index (χ4n) is 5.43. The molecule has 1 heterocycles. The summed E-state index contributed by atoms with van der Waals surface area (Å²) >= 11 is 0. The molecule has 43 heavy (non-hydrogen) atoms. The van der Waals surface area contributed by atoms with Gasteiger partial charge in [-0.2, -0.15) is 0 Å². The molecule has 1 fully saturated rings. The molecule has 9 heteroatoms. The number of hydrogen-bond acceptors (Lipinski definition) is 7. The monoisotopic (exact) mass is 588 g/mol. The van der Waals surface area contributed by atoms with Gasteiger partial charge in [0.05, 0.1) is 17.7 Å². The Morgan fingerprint density at radius 1 is 0.953 bits per heavy atom. The standard InChI is InChI=1S/C34H44N4O5/c1-22-31(33(41)36-28(18-25-12-8-6-9-13-25)29(39)19-35-27-16-17-27)23(2)38(20-30(40)37(4)5)24(3)32(22)34(42)43-21-26-14-10-7-11-15-26/h6-15,22,27-29,35,39H,16-21H2,1-5H3,(H,36,41)/t22?,28-,29+/m0/s1. The molecule has 2 aromatic carbocycles. The van der Waals surface area contributed by atoms with Crippen molar-refractivity contribution in [1.29, 1.82) is 0 Å². The number of benzene rings is 2. The Hall–Kier alpha value is -3.95. The van der Waals surface area contributed by atoms with E-state index in [2.05, 4.69) is 10.6 Å². The molecule has 3 atom stereocenters. The number of ether oxygens (including phenoxy) is 1. The van der Waals surface area contributed by atoms with Crippen LogP contribution in [0.1, 0.15) is 44.7 Å². The van der Waals surface area contributed by atoms with Gasteiger partial charge in [-0.15, -0.1) is 0 Å². The van der Waals surface area contributed by atoms with Gasteiger partial charge in [-0.3, -0.25) is 9.59 Å². The van der Waals surface area contributed by atoms with Crippen molar-refractivity contribution < 1.29 is 24.2 Å². The van der Waals surface area contributed by atoms with Crippen molar-refractivity contribution >= 4 is 17.8 Å². The summed E-state index contributed by atoms with van der Waals surface area (Å²) in [5.41, 5.74) is 3.68. The zero-order chi connectivity index (χ0) is 31.1. The topological polar surface area (TPSA) is 111 Å². The van der Waals surface area contributed by atoms with E-state index in [1.54, 1.807) is 32.8 Å². The number of rotatable bonds is 13. The molecule has 4 rings (SSSR count). The molecule has 2 aromatic rings. The van der Waals surface area contributed by atoms with Crippen molar-refractivity contribution in [2.75, 3.05) is 27.2 Å². The van der Waals surface area contributed by atoms with Gasteiger partial charge in [-0.1, -0.05) is 67.6 Å². The quantitative estimate of drug-likeness (QED) is 0.308. The van der Waals surface area contributed by atoms with Crippen molar-refractivity contribution in [3.63, 3.8) is 0 Å².